The van der Waals surface area contributed by atoms with Crippen molar-refractivity contribution < 1.29 is 28.5 Å². The van der Waals surface area contributed by atoms with Gasteiger partial charge in [0.1, 0.15) is 6.23 Å². The van der Waals surface area contributed by atoms with Crippen LogP contribution in [0.25, 0.3) is 0 Å². The smallest absolute Gasteiger partial charge is 0.412 e. The number of ether oxygens (including phenoxy) is 3. The fourth-order valence-electron chi connectivity index (χ4n) is 2.86. The van der Waals surface area contributed by atoms with Crippen molar-refractivity contribution in [2.24, 2.45) is 0 Å². The molecule has 1 aromatic heterocycles. The van der Waals surface area contributed by atoms with E-state index in [0.29, 0.717) is 6.42 Å². The highest BCUT2D eigenvalue weighted by molar-refractivity contribution is 5.83. The summed E-state index contributed by atoms with van der Waals surface area (Å²) >= 11 is 0. The lowest BCUT2D eigenvalue weighted by Crippen LogP contribution is -2.33. The Bertz CT molecular complexity index is 733. The van der Waals surface area contributed by atoms with Crippen molar-refractivity contribution in [1.29, 1.82) is 0 Å². The minimum absolute atomic E-state index is 0.203. The number of nitrogens with zero attached hydrogens (tertiary/aromatic N) is 2. The molecule has 0 saturated carbocycles. The Hall–Kier alpha value is -2.04. The molecule has 9 nitrogen and oxygen atoms in total. The predicted octanol–water partition coefficient (Wildman–Crippen LogP) is 2.54. The van der Waals surface area contributed by atoms with Crippen LogP contribution in [0.2, 0.25) is 0 Å². The molecule has 1 saturated heterocycles. The zero-order chi connectivity index (χ0) is 20.9. The van der Waals surface area contributed by atoms with Crippen molar-refractivity contribution in [3.8, 4) is 0 Å². The summed E-state index contributed by atoms with van der Waals surface area (Å²) in [7, 11) is 0. The number of carbonyl (C=O) groups is 1. The maximum atomic E-state index is 14.3. The maximum Gasteiger partial charge on any atom is 0.412 e. The summed E-state index contributed by atoms with van der Waals surface area (Å²) in [4.78, 5) is 27.5. The van der Waals surface area contributed by atoms with Crippen LogP contribution in [0.4, 0.5) is 15.0 Å². The van der Waals surface area contributed by atoms with Crippen molar-refractivity contribution in [3.05, 3.63) is 22.5 Å². The number of rotatable bonds is 8. The van der Waals surface area contributed by atoms with Crippen molar-refractivity contribution in [3.63, 3.8) is 0 Å². The molecule has 1 aliphatic rings. The molecule has 0 bridgehead atoms. The number of halogens is 1. The number of amides is 1. The molecule has 1 aromatic rings. The standard InChI is InChI=1S/C18H28FN3O6/c1-5-6-7-8-26-17(24)21-15-12(19)10-22(16(23)20-15)14-9-13(11(2)27-14)28-18(3,4)25/h10-11,13-14,25H,5-9H2,1-4H3,(H,20,21,23,24)/t11?,13?,14-/m1/s1. The van der Waals surface area contributed by atoms with Gasteiger partial charge in [-0.2, -0.15) is 4.98 Å². The van der Waals surface area contributed by atoms with Gasteiger partial charge < -0.3 is 19.3 Å². The third-order valence-corrected chi connectivity index (χ3v) is 4.19. The number of anilines is 1. The van der Waals surface area contributed by atoms with E-state index in [0.717, 1.165) is 23.6 Å². The monoisotopic (exact) mass is 401 g/mol. The molecule has 3 atom stereocenters. The quantitative estimate of drug-likeness (QED) is 0.508. The molecule has 1 aliphatic heterocycles. The van der Waals surface area contributed by atoms with Gasteiger partial charge in [-0.3, -0.25) is 9.88 Å². The van der Waals surface area contributed by atoms with Crippen molar-refractivity contribution in [2.75, 3.05) is 11.9 Å². The van der Waals surface area contributed by atoms with Crippen molar-refractivity contribution >= 4 is 11.9 Å². The molecule has 10 heteroatoms. The summed E-state index contributed by atoms with van der Waals surface area (Å²) < 4.78 is 31.4. The van der Waals surface area contributed by atoms with E-state index in [2.05, 4.69) is 10.3 Å². The lowest BCUT2D eigenvalue weighted by molar-refractivity contribution is -0.212. The number of nitrogens with one attached hydrogen (secondary N) is 1. The second-order valence-electron chi connectivity index (χ2n) is 7.23. The number of carbonyl (C=O) groups excluding carboxylic acids is 1. The summed E-state index contributed by atoms with van der Waals surface area (Å²) in [5.41, 5.74) is -0.788. The Balaban J connectivity index is 2.04. The van der Waals surface area contributed by atoms with Gasteiger partial charge in [0.15, 0.2) is 17.4 Å². The first-order valence-corrected chi connectivity index (χ1v) is 9.39. The number of aromatic nitrogens is 2. The molecule has 0 aromatic carbocycles. The third-order valence-electron chi connectivity index (χ3n) is 4.19. The number of aliphatic hydroxyl groups is 1. The summed E-state index contributed by atoms with van der Waals surface area (Å²) in [6.45, 7) is 6.93. The molecule has 2 heterocycles. The Morgan fingerprint density at radius 3 is 2.86 bits per heavy atom. The number of hydrogen-bond acceptors (Lipinski definition) is 7. The van der Waals surface area contributed by atoms with E-state index in [1.165, 1.54) is 13.8 Å². The summed E-state index contributed by atoms with van der Waals surface area (Å²) in [5.74, 6) is -2.76. The normalized spacial score (nSPS) is 22.3. The highest BCUT2D eigenvalue weighted by Crippen LogP contribution is 2.32. The topological polar surface area (TPSA) is 112 Å². The van der Waals surface area contributed by atoms with Gasteiger partial charge >= 0.3 is 11.8 Å². The van der Waals surface area contributed by atoms with Gasteiger partial charge in [0.25, 0.3) is 0 Å². The van der Waals surface area contributed by atoms with Crippen LogP contribution < -0.4 is 11.0 Å². The first kappa shape index (κ1) is 22.3. The van der Waals surface area contributed by atoms with Crippen LogP contribution in [0.1, 0.15) is 59.6 Å². The van der Waals surface area contributed by atoms with Crippen LogP contribution in [-0.2, 0) is 14.2 Å². The van der Waals surface area contributed by atoms with Gasteiger partial charge in [0.05, 0.1) is 25.0 Å². The highest BCUT2D eigenvalue weighted by Gasteiger charge is 2.37. The largest absolute Gasteiger partial charge is 0.449 e. The molecule has 0 spiro atoms. The average molecular weight is 401 g/mol. The number of hydrogen-bond donors (Lipinski definition) is 2. The SMILES string of the molecule is CCCCCOC(=O)Nc1nc(=O)n([C@H]2CC(OC(C)(C)O)C(C)O2)cc1F. The van der Waals surface area contributed by atoms with Crippen LogP contribution in [0.5, 0.6) is 0 Å². The summed E-state index contributed by atoms with van der Waals surface area (Å²) in [6, 6.07) is 0. The molecule has 1 amide bonds. The Morgan fingerprint density at radius 1 is 1.50 bits per heavy atom. The molecule has 158 valence electrons. The van der Waals surface area contributed by atoms with E-state index in [-0.39, 0.29) is 13.0 Å². The molecule has 0 aliphatic carbocycles. The van der Waals surface area contributed by atoms with Crippen molar-refractivity contribution in [2.45, 2.75) is 77.6 Å². The number of unbranched alkanes of at least 4 members (excludes halogenated alkanes) is 2. The van der Waals surface area contributed by atoms with Gasteiger partial charge in [-0.1, -0.05) is 19.8 Å². The predicted molar refractivity (Wildman–Crippen MR) is 98.3 cm³/mol. The summed E-state index contributed by atoms with van der Waals surface area (Å²) in [6.07, 6.45) is 1.18. The van der Waals surface area contributed by atoms with Crippen LogP contribution >= 0.6 is 0 Å². The van der Waals surface area contributed by atoms with Gasteiger partial charge in [-0.05, 0) is 27.2 Å². The first-order valence-electron chi connectivity index (χ1n) is 9.39. The second-order valence-corrected chi connectivity index (χ2v) is 7.23. The Kier molecular flexibility index (Phi) is 7.50. The Morgan fingerprint density at radius 2 is 2.21 bits per heavy atom. The van der Waals surface area contributed by atoms with E-state index >= 15 is 0 Å². The first-order chi connectivity index (χ1) is 13.1. The van der Waals surface area contributed by atoms with Gasteiger partial charge in [0.2, 0.25) is 0 Å². The molecule has 1 fully saturated rings. The minimum Gasteiger partial charge on any atom is -0.449 e. The van der Waals surface area contributed by atoms with E-state index in [1.54, 1.807) is 6.92 Å². The van der Waals surface area contributed by atoms with E-state index in [4.69, 9.17) is 14.2 Å². The molecule has 2 rings (SSSR count). The van der Waals surface area contributed by atoms with Crippen LogP contribution in [0, 0.1) is 5.82 Å². The van der Waals surface area contributed by atoms with Crippen LogP contribution in [0.3, 0.4) is 0 Å². The molecule has 2 unspecified atom stereocenters. The van der Waals surface area contributed by atoms with Gasteiger partial charge in [0, 0.05) is 6.42 Å². The fourth-order valence-corrected chi connectivity index (χ4v) is 2.86. The third kappa shape index (κ3) is 6.25. The zero-order valence-electron chi connectivity index (χ0n) is 16.6. The van der Waals surface area contributed by atoms with E-state index < -0.39 is 47.6 Å². The average Bonchev–Trinajstić information content (AvgIpc) is 2.93. The molecule has 28 heavy (non-hydrogen) atoms. The molecule has 0 radical (unpaired) electrons. The maximum absolute atomic E-state index is 14.3. The van der Waals surface area contributed by atoms with Crippen LogP contribution in [-0.4, -0.2) is 45.4 Å². The minimum atomic E-state index is -1.36. The Labute approximate surface area is 162 Å². The van der Waals surface area contributed by atoms with E-state index in [1.807, 2.05) is 6.92 Å². The van der Waals surface area contributed by atoms with Gasteiger partial charge in [-0.15, -0.1) is 0 Å². The van der Waals surface area contributed by atoms with Gasteiger partial charge in [-0.25, -0.2) is 14.0 Å². The lowest BCUT2D eigenvalue weighted by atomic mass is 10.2. The summed E-state index contributed by atoms with van der Waals surface area (Å²) in [5, 5.41) is 11.9. The second kappa shape index (κ2) is 9.44. The lowest BCUT2D eigenvalue weighted by Gasteiger charge is -2.24. The highest BCUT2D eigenvalue weighted by atomic mass is 19.1. The molecular weight excluding hydrogens is 373 g/mol. The molecule has 2 N–H and O–H groups in total. The van der Waals surface area contributed by atoms with Crippen LogP contribution in [0.15, 0.2) is 11.0 Å². The van der Waals surface area contributed by atoms with E-state index in [9.17, 15) is 19.1 Å². The fraction of sp³-hybridized carbons (Fsp3) is 0.722. The zero-order valence-corrected chi connectivity index (χ0v) is 16.6. The molecular formula is C18H28FN3O6. The van der Waals surface area contributed by atoms with Crippen molar-refractivity contribution in [1.82, 2.24) is 9.55 Å².